The summed E-state index contributed by atoms with van der Waals surface area (Å²) in [6.07, 6.45) is 1.58. The van der Waals surface area contributed by atoms with Crippen molar-refractivity contribution >= 4 is 40.6 Å². The Bertz CT molecular complexity index is 600. The van der Waals surface area contributed by atoms with Gasteiger partial charge in [-0.05, 0) is 42.5 Å². The van der Waals surface area contributed by atoms with Crippen LogP contribution >= 0.6 is 23.4 Å². The van der Waals surface area contributed by atoms with E-state index in [0.717, 1.165) is 11.8 Å². The number of hydrogen-bond donors (Lipinski definition) is 1. The number of methoxy groups -OCH3 is 1. The second-order valence-corrected chi connectivity index (χ2v) is 5.24. The number of imide groups is 1. The van der Waals surface area contributed by atoms with Crippen molar-refractivity contribution in [2.24, 2.45) is 0 Å². The summed E-state index contributed by atoms with van der Waals surface area (Å²) in [5.41, 5.74) is 0.659. The van der Waals surface area contributed by atoms with Crippen molar-refractivity contribution < 1.29 is 19.1 Å². The smallest absolute Gasteiger partial charge is 0.290 e. The molecule has 0 bridgehead atoms. The minimum atomic E-state index is -0.412. The third-order valence-electron chi connectivity index (χ3n) is 2.48. The van der Waals surface area contributed by atoms with Crippen molar-refractivity contribution in [3.63, 3.8) is 0 Å². The molecule has 0 aliphatic carbocycles. The average molecular weight is 314 g/mol. The van der Waals surface area contributed by atoms with Gasteiger partial charge >= 0.3 is 0 Å². The fourth-order valence-corrected chi connectivity index (χ4v) is 2.68. The lowest BCUT2D eigenvalue weighted by atomic mass is 10.2. The van der Waals surface area contributed by atoms with Gasteiger partial charge in [0.25, 0.3) is 11.1 Å². The molecule has 1 N–H and O–H groups in total. The van der Waals surface area contributed by atoms with E-state index in [2.05, 4.69) is 5.32 Å². The summed E-state index contributed by atoms with van der Waals surface area (Å²) >= 11 is 6.96. The number of thioether (sulfide) groups is 1. The second kappa shape index (κ2) is 6.19. The van der Waals surface area contributed by atoms with Crippen LogP contribution in [-0.4, -0.2) is 24.9 Å². The Labute approximate surface area is 125 Å². The molecule has 0 radical (unpaired) electrons. The van der Waals surface area contributed by atoms with Crippen LogP contribution in [0.5, 0.6) is 11.5 Å². The first-order valence-corrected chi connectivity index (χ1v) is 6.99. The normalized spacial score (nSPS) is 16.4. The van der Waals surface area contributed by atoms with Gasteiger partial charge in [0.15, 0.2) is 11.5 Å². The Morgan fingerprint density at radius 2 is 2.15 bits per heavy atom. The van der Waals surface area contributed by atoms with Crippen molar-refractivity contribution in [2.75, 3.05) is 13.7 Å². The van der Waals surface area contributed by atoms with Crippen LogP contribution in [0.1, 0.15) is 12.5 Å². The molecule has 1 fully saturated rings. The van der Waals surface area contributed by atoms with Crippen LogP contribution in [0.15, 0.2) is 17.0 Å². The van der Waals surface area contributed by atoms with E-state index in [1.165, 1.54) is 7.11 Å². The third-order valence-corrected chi connectivity index (χ3v) is 3.57. The number of halogens is 1. The molecule has 2 amide bonds. The third kappa shape index (κ3) is 3.08. The van der Waals surface area contributed by atoms with Gasteiger partial charge in [0.1, 0.15) is 0 Å². The maximum Gasteiger partial charge on any atom is 0.290 e. The Morgan fingerprint density at radius 3 is 2.70 bits per heavy atom. The van der Waals surface area contributed by atoms with E-state index in [-0.39, 0.29) is 5.24 Å². The van der Waals surface area contributed by atoms with Gasteiger partial charge in [0.2, 0.25) is 0 Å². The summed E-state index contributed by atoms with van der Waals surface area (Å²) in [5, 5.41) is 2.18. The first-order chi connectivity index (χ1) is 9.55. The zero-order valence-electron chi connectivity index (χ0n) is 10.9. The van der Waals surface area contributed by atoms with Crippen LogP contribution < -0.4 is 14.8 Å². The minimum absolute atomic E-state index is 0.318. The number of hydrogen-bond acceptors (Lipinski definition) is 5. The highest BCUT2D eigenvalue weighted by Gasteiger charge is 2.25. The molecule has 106 valence electrons. The summed E-state index contributed by atoms with van der Waals surface area (Å²) in [5.74, 6) is 0.518. The van der Waals surface area contributed by atoms with Gasteiger partial charge in [0.05, 0.1) is 23.6 Å². The number of benzene rings is 1. The van der Waals surface area contributed by atoms with Gasteiger partial charge < -0.3 is 9.47 Å². The van der Waals surface area contributed by atoms with E-state index < -0.39 is 5.91 Å². The molecule has 0 unspecified atom stereocenters. The van der Waals surface area contributed by atoms with Gasteiger partial charge in [-0.25, -0.2) is 0 Å². The van der Waals surface area contributed by atoms with Crippen molar-refractivity contribution in [3.8, 4) is 11.5 Å². The highest BCUT2D eigenvalue weighted by molar-refractivity contribution is 8.18. The predicted octanol–water partition coefficient (Wildman–Crippen LogP) is 3.07. The molecule has 0 spiro atoms. The molecule has 0 aromatic heterocycles. The Morgan fingerprint density at radius 1 is 1.40 bits per heavy atom. The van der Waals surface area contributed by atoms with Crippen LogP contribution in [0.3, 0.4) is 0 Å². The molecule has 0 saturated carbocycles. The molecular formula is C13H12ClNO4S. The highest BCUT2D eigenvalue weighted by atomic mass is 35.5. The molecule has 1 aromatic carbocycles. The SMILES string of the molecule is CCOc1cc(/C=C2\SC(=O)NC2=O)cc(Cl)c1OC. The van der Waals surface area contributed by atoms with E-state index in [1.54, 1.807) is 18.2 Å². The summed E-state index contributed by atoms with van der Waals surface area (Å²) in [6.45, 7) is 2.30. The Balaban J connectivity index is 2.40. The number of rotatable bonds is 4. The van der Waals surface area contributed by atoms with Crippen LogP contribution in [0.2, 0.25) is 5.02 Å². The maximum atomic E-state index is 11.5. The lowest BCUT2D eigenvalue weighted by Gasteiger charge is -2.11. The van der Waals surface area contributed by atoms with Crippen molar-refractivity contribution in [3.05, 3.63) is 27.6 Å². The van der Waals surface area contributed by atoms with Crippen LogP contribution in [0.4, 0.5) is 4.79 Å². The number of ether oxygens (including phenoxy) is 2. The number of carbonyl (C=O) groups excluding carboxylic acids is 2. The van der Waals surface area contributed by atoms with E-state index in [0.29, 0.717) is 33.6 Å². The molecule has 7 heteroatoms. The molecule has 1 saturated heterocycles. The first kappa shape index (κ1) is 14.7. The maximum absolute atomic E-state index is 11.5. The Hall–Kier alpha value is -1.66. The lowest BCUT2D eigenvalue weighted by Crippen LogP contribution is -2.17. The molecular weight excluding hydrogens is 302 g/mol. The molecule has 5 nitrogen and oxygen atoms in total. The summed E-state index contributed by atoms with van der Waals surface area (Å²) in [7, 11) is 1.50. The fraction of sp³-hybridized carbons (Fsp3) is 0.231. The van der Waals surface area contributed by atoms with Gasteiger partial charge in [-0.3, -0.25) is 14.9 Å². The average Bonchev–Trinajstić information content (AvgIpc) is 2.68. The molecule has 2 rings (SSSR count). The fourth-order valence-electron chi connectivity index (χ4n) is 1.70. The molecule has 1 aromatic rings. The largest absolute Gasteiger partial charge is 0.491 e. The van der Waals surface area contributed by atoms with Crippen molar-refractivity contribution in [1.29, 1.82) is 0 Å². The first-order valence-electron chi connectivity index (χ1n) is 5.80. The zero-order valence-corrected chi connectivity index (χ0v) is 12.4. The van der Waals surface area contributed by atoms with E-state index in [1.807, 2.05) is 6.92 Å². The summed E-state index contributed by atoms with van der Waals surface area (Å²) in [4.78, 5) is 22.9. The molecule has 20 heavy (non-hydrogen) atoms. The predicted molar refractivity (Wildman–Crippen MR) is 78.3 cm³/mol. The zero-order chi connectivity index (χ0) is 14.7. The van der Waals surface area contributed by atoms with Crippen LogP contribution in [0, 0.1) is 0 Å². The minimum Gasteiger partial charge on any atom is -0.491 e. The van der Waals surface area contributed by atoms with Crippen molar-refractivity contribution in [2.45, 2.75) is 6.92 Å². The van der Waals surface area contributed by atoms with Gasteiger partial charge in [-0.1, -0.05) is 11.6 Å². The van der Waals surface area contributed by atoms with Gasteiger partial charge in [0, 0.05) is 0 Å². The van der Waals surface area contributed by atoms with E-state index >= 15 is 0 Å². The number of amides is 2. The van der Waals surface area contributed by atoms with Crippen LogP contribution in [0.25, 0.3) is 6.08 Å². The van der Waals surface area contributed by atoms with E-state index in [4.69, 9.17) is 21.1 Å². The quantitative estimate of drug-likeness (QED) is 0.865. The lowest BCUT2D eigenvalue weighted by molar-refractivity contribution is -0.115. The number of nitrogens with one attached hydrogen (secondary N) is 1. The standard InChI is InChI=1S/C13H12ClNO4S/c1-3-19-9-5-7(4-8(14)11(9)18-2)6-10-12(16)15-13(17)20-10/h4-6H,3H2,1-2H3,(H,15,16,17)/b10-6-. The molecule has 0 atom stereocenters. The van der Waals surface area contributed by atoms with Gasteiger partial charge in [-0.2, -0.15) is 0 Å². The highest BCUT2D eigenvalue weighted by Crippen LogP contribution is 2.37. The topological polar surface area (TPSA) is 64.6 Å². The molecule has 1 aliphatic heterocycles. The second-order valence-electron chi connectivity index (χ2n) is 3.82. The van der Waals surface area contributed by atoms with E-state index in [9.17, 15) is 9.59 Å². The van der Waals surface area contributed by atoms with Crippen LogP contribution in [-0.2, 0) is 4.79 Å². The monoisotopic (exact) mass is 313 g/mol. The summed E-state index contributed by atoms with van der Waals surface area (Å²) in [6, 6.07) is 3.35. The molecule has 1 heterocycles. The number of carbonyl (C=O) groups is 2. The molecule has 1 aliphatic rings. The van der Waals surface area contributed by atoms with Gasteiger partial charge in [-0.15, -0.1) is 0 Å². The van der Waals surface area contributed by atoms with Crippen molar-refractivity contribution in [1.82, 2.24) is 5.32 Å². The Kier molecular flexibility index (Phi) is 4.57. The summed E-state index contributed by atoms with van der Waals surface area (Å²) < 4.78 is 10.6.